The van der Waals surface area contributed by atoms with Gasteiger partial charge in [-0.25, -0.2) is 8.78 Å². The van der Waals surface area contributed by atoms with Crippen molar-refractivity contribution in [3.05, 3.63) is 65.2 Å². The second-order valence-electron chi connectivity index (χ2n) is 6.51. The summed E-state index contributed by atoms with van der Waals surface area (Å²) in [5.74, 6) is -0.236. The van der Waals surface area contributed by atoms with Gasteiger partial charge in [-0.3, -0.25) is 9.80 Å². The zero-order valence-corrected chi connectivity index (χ0v) is 14.7. The van der Waals surface area contributed by atoms with Crippen LogP contribution in [0.15, 0.2) is 42.5 Å². The second-order valence-corrected chi connectivity index (χ2v) is 6.51. The Kier molecular flexibility index (Phi) is 5.66. The van der Waals surface area contributed by atoms with Gasteiger partial charge < -0.3 is 4.74 Å². The molecule has 134 valence electrons. The van der Waals surface area contributed by atoms with Crippen molar-refractivity contribution in [3.63, 3.8) is 0 Å². The Morgan fingerprint density at radius 1 is 1.04 bits per heavy atom. The summed E-state index contributed by atoms with van der Waals surface area (Å²) >= 11 is 0. The summed E-state index contributed by atoms with van der Waals surface area (Å²) in [4.78, 5) is 4.68. The minimum Gasteiger partial charge on any atom is -0.494 e. The summed E-state index contributed by atoms with van der Waals surface area (Å²) in [7, 11) is 1.47. The fourth-order valence-electron chi connectivity index (χ4n) is 3.35. The number of nitrogens with zero attached hydrogens (tertiary/aromatic N) is 2. The van der Waals surface area contributed by atoms with Crippen LogP contribution in [-0.4, -0.2) is 43.1 Å². The molecule has 0 radical (unpaired) electrons. The normalized spacial score (nSPS) is 17.4. The molecule has 0 amide bonds. The Bertz CT molecular complexity index is 715. The molecule has 1 atom stereocenters. The van der Waals surface area contributed by atoms with E-state index in [0.29, 0.717) is 0 Å². The van der Waals surface area contributed by atoms with E-state index in [1.165, 1.54) is 13.2 Å². The first kappa shape index (κ1) is 17.8. The van der Waals surface area contributed by atoms with E-state index in [1.54, 1.807) is 24.3 Å². The van der Waals surface area contributed by atoms with E-state index in [-0.39, 0.29) is 23.4 Å². The summed E-state index contributed by atoms with van der Waals surface area (Å²) in [5, 5.41) is 0. The van der Waals surface area contributed by atoms with E-state index in [9.17, 15) is 8.78 Å². The van der Waals surface area contributed by atoms with Gasteiger partial charge in [0.1, 0.15) is 5.82 Å². The number of piperazine rings is 1. The van der Waals surface area contributed by atoms with Crippen LogP contribution in [-0.2, 0) is 6.54 Å². The van der Waals surface area contributed by atoms with Crippen LogP contribution in [0.3, 0.4) is 0 Å². The van der Waals surface area contributed by atoms with Crippen molar-refractivity contribution in [2.45, 2.75) is 19.5 Å². The monoisotopic (exact) mass is 346 g/mol. The molecule has 2 aromatic carbocycles. The van der Waals surface area contributed by atoms with Crippen LogP contribution in [0.5, 0.6) is 5.75 Å². The lowest BCUT2D eigenvalue weighted by molar-refractivity contribution is 0.0977. The zero-order chi connectivity index (χ0) is 17.8. The molecular formula is C20H24F2N2O. The molecule has 0 unspecified atom stereocenters. The topological polar surface area (TPSA) is 15.7 Å². The second kappa shape index (κ2) is 7.93. The first-order valence-electron chi connectivity index (χ1n) is 8.61. The summed E-state index contributed by atoms with van der Waals surface area (Å²) < 4.78 is 32.2. The van der Waals surface area contributed by atoms with Crippen molar-refractivity contribution in [3.8, 4) is 5.75 Å². The predicted octanol–water partition coefficient (Wildman–Crippen LogP) is 3.85. The summed E-state index contributed by atoms with van der Waals surface area (Å²) in [6, 6.07) is 12.1. The standard InChI is InChI=1S/C20H24F2N2O/c1-15(17-4-3-5-18(21)13-17)24-10-8-23(9-11-24)14-16-6-7-20(25-2)19(22)12-16/h3-7,12-13,15H,8-11,14H2,1-2H3/t15-/m0/s1. The van der Waals surface area contributed by atoms with Crippen LogP contribution in [0.1, 0.15) is 24.1 Å². The van der Waals surface area contributed by atoms with Crippen molar-refractivity contribution in [1.82, 2.24) is 9.80 Å². The Labute approximate surface area is 147 Å². The molecule has 0 saturated carbocycles. The van der Waals surface area contributed by atoms with E-state index < -0.39 is 0 Å². The van der Waals surface area contributed by atoms with Crippen molar-refractivity contribution < 1.29 is 13.5 Å². The highest BCUT2D eigenvalue weighted by molar-refractivity contribution is 5.29. The minimum absolute atomic E-state index is 0.190. The first-order chi connectivity index (χ1) is 12.1. The van der Waals surface area contributed by atoms with Crippen LogP contribution in [0, 0.1) is 11.6 Å². The third-order valence-electron chi connectivity index (χ3n) is 4.91. The van der Waals surface area contributed by atoms with Crippen LogP contribution in [0.4, 0.5) is 8.78 Å². The Morgan fingerprint density at radius 3 is 2.44 bits per heavy atom. The van der Waals surface area contributed by atoms with Gasteiger partial charge in [0.25, 0.3) is 0 Å². The maximum atomic E-state index is 13.8. The molecule has 1 aliphatic heterocycles. The maximum absolute atomic E-state index is 13.8. The molecular weight excluding hydrogens is 322 g/mol. The Hall–Kier alpha value is -1.98. The van der Waals surface area contributed by atoms with Gasteiger partial charge in [0.05, 0.1) is 7.11 Å². The average molecular weight is 346 g/mol. The highest BCUT2D eigenvalue weighted by Crippen LogP contribution is 2.23. The minimum atomic E-state index is -0.321. The van der Waals surface area contributed by atoms with Gasteiger partial charge in [0.2, 0.25) is 0 Å². The van der Waals surface area contributed by atoms with Crippen LogP contribution in [0.2, 0.25) is 0 Å². The van der Waals surface area contributed by atoms with E-state index in [4.69, 9.17) is 4.74 Å². The van der Waals surface area contributed by atoms with Crippen molar-refractivity contribution in [2.24, 2.45) is 0 Å². The molecule has 25 heavy (non-hydrogen) atoms. The fraction of sp³-hybridized carbons (Fsp3) is 0.400. The molecule has 1 fully saturated rings. The van der Waals surface area contributed by atoms with Crippen LogP contribution in [0.25, 0.3) is 0 Å². The maximum Gasteiger partial charge on any atom is 0.165 e. The lowest BCUT2D eigenvalue weighted by Gasteiger charge is -2.38. The van der Waals surface area contributed by atoms with E-state index in [2.05, 4.69) is 16.7 Å². The van der Waals surface area contributed by atoms with Gasteiger partial charge in [0, 0.05) is 38.8 Å². The van der Waals surface area contributed by atoms with E-state index in [1.807, 2.05) is 12.1 Å². The quantitative estimate of drug-likeness (QED) is 0.818. The highest BCUT2D eigenvalue weighted by atomic mass is 19.1. The summed E-state index contributed by atoms with van der Waals surface area (Å²) in [6.07, 6.45) is 0. The molecule has 3 rings (SSSR count). The smallest absolute Gasteiger partial charge is 0.165 e. The number of halogens is 2. The highest BCUT2D eigenvalue weighted by Gasteiger charge is 2.22. The van der Waals surface area contributed by atoms with Gasteiger partial charge in [0.15, 0.2) is 11.6 Å². The first-order valence-corrected chi connectivity index (χ1v) is 8.61. The lowest BCUT2D eigenvalue weighted by Crippen LogP contribution is -2.46. The molecule has 1 heterocycles. The van der Waals surface area contributed by atoms with Gasteiger partial charge in [-0.1, -0.05) is 18.2 Å². The fourth-order valence-corrected chi connectivity index (χ4v) is 3.35. The van der Waals surface area contributed by atoms with Gasteiger partial charge >= 0.3 is 0 Å². The molecule has 1 saturated heterocycles. The third-order valence-corrected chi connectivity index (χ3v) is 4.91. The number of hydrogen-bond donors (Lipinski definition) is 0. The van der Waals surface area contributed by atoms with Gasteiger partial charge in [-0.2, -0.15) is 0 Å². The van der Waals surface area contributed by atoms with E-state index >= 15 is 0 Å². The number of methoxy groups -OCH3 is 1. The predicted molar refractivity (Wildman–Crippen MR) is 94.6 cm³/mol. The molecule has 2 aromatic rings. The molecule has 0 aliphatic carbocycles. The van der Waals surface area contributed by atoms with Crippen molar-refractivity contribution in [2.75, 3.05) is 33.3 Å². The molecule has 0 spiro atoms. The zero-order valence-electron chi connectivity index (χ0n) is 14.7. The number of rotatable bonds is 5. The molecule has 0 bridgehead atoms. The van der Waals surface area contributed by atoms with Crippen molar-refractivity contribution in [1.29, 1.82) is 0 Å². The van der Waals surface area contributed by atoms with Crippen molar-refractivity contribution >= 4 is 0 Å². The molecule has 1 aliphatic rings. The average Bonchev–Trinajstić information content (AvgIpc) is 2.62. The summed E-state index contributed by atoms with van der Waals surface area (Å²) in [5.41, 5.74) is 1.95. The SMILES string of the molecule is COc1ccc(CN2CCN([C@@H](C)c3cccc(F)c3)CC2)cc1F. The lowest BCUT2D eigenvalue weighted by atomic mass is 10.1. The van der Waals surface area contributed by atoms with Crippen LogP contribution < -0.4 is 4.74 Å². The van der Waals surface area contributed by atoms with Crippen LogP contribution >= 0.6 is 0 Å². The molecule has 0 N–H and O–H groups in total. The molecule has 0 aromatic heterocycles. The molecule has 3 nitrogen and oxygen atoms in total. The number of ether oxygens (including phenoxy) is 1. The third kappa shape index (κ3) is 4.35. The Morgan fingerprint density at radius 2 is 1.80 bits per heavy atom. The largest absolute Gasteiger partial charge is 0.494 e. The number of hydrogen-bond acceptors (Lipinski definition) is 3. The van der Waals surface area contributed by atoms with E-state index in [0.717, 1.165) is 43.9 Å². The van der Waals surface area contributed by atoms with Gasteiger partial charge in [-0.15, -0.1) is 0 Å². The number of benzene rings is 2. The summed E-state index contributed by atoms with van der Waals surface area (Å²) in [6.45, 7) is 6.49. The Balaban J connectivity index is 1.56. The van der Waals surface area contributed by atoms with Gasteiger partial charge in [-0.05, 0) is 42.3 Å². The molecule has 5 heteroatoms.